The van der Waals surface area contributed by atoms with Crippen LogP contribution in [-0.2, 0) is 20.6 Å². The summed E-state index contributed by atoms with van der Waals surface area (Å²) in [6.07, 6.45) is -0.0896. The molecule has 0 aliphatic carbocycles. The number of nitrogens with zero attached hydrogens (tertiary/aromatic N) is 1. The van der Waals surface area contributed by atoms with Gasteiger partial charge in [0.2, 0.25) is 10.0 Å². The van der Waals surface area contributed by atoms with Crippen LogP contribution in [0.2, 0.25) is 0 Å². The Bertz CT molecular complexity index is 525. The van der Waals surface area contributed by atoms with Crippen molar-refractivity contribution in [3.8, 4) is 0 Å². The molecule has 0 saturated carbocycles. The van der Waals surface area contributed by atoms with Gasteiger partial charge in [-0.3, -0.25) is 0 Å². The molecule has 102 valence electrons. The fourth-order valence-electron chi connectivity index (χ4n) is 1.99. The van der Waals surface area contributed by atoms with Crippen molar-refractivity contribution in [2.75, 3.05) is 19.7 Å². The first-order valence-corrected chi connectivity index (χ1v) is 7.69. The Labute approximate surface area is 112 Å². The largest absolute Gasteiger partial charge is 0.464 e. The Morgan fingerprint density at radius 3 is 2.83 bits per heavy atom. The van der Waals surface area contributed by atoms with Crippen LogP contribution in [-0.4, -0.2) is 38.5 Å². The number of morpholine rings is 1. The first-order valence-electron chi connectivity index (χ1n) is 5.72. The molecule has 0 amide bonds. The fourth-order valence-corrected chi connectivity index (χ4v) is 3.81. The number of alkyl halides is 1. The Morgan fingerprint density at radius 1 is 1.56 bits per heavy atom. The van der Waals surface area contributed by atoms with Gasteiger partial charge in [0.25, 0.3) is 0 Å². The van der Waals surface area contributed by atoms with Crippen molar-refractivity contribution in [1.82, 2.24) is 4.31 Å². The van der Waals surface area contributed by atoms with E-state index in [1.807, 2.05) is 6.92 Å². The molecule has 2 heterocycles. The highest BCUT2D eigenvalue weighted by molar-refractivity contribution is 7.89. The van der Waals surface area contributed by atoms with Gasteiger partial charge in [0.05, 0.1) is 18.6 Å². The zero-order valence-corrected chi connectivity index (χ0v) is 11.9. The summed E-state index contributed by atoms with van der Waals surface area (Å²) in [5.41, 5.74) is 0. The van der Waals surface area contributed by atoms with Crippen molar-refractivity contribution >= 4 is 21.6 Å². The minimum absolute atomic E-state index is 0.0896. The van der Waals surface area contributed by atoms with Crippen LogP contribution < -0.4 is 0 Å². The van der Waals surface area contributed by atoms with Crippen LogP contribution in [0, 0.1) is 6.92 Å². The monoisotopic (exact) mass is 293 g/mol. The fraction of sp³-hybridized carbons (Fsp3) is 0.636. The van der Waals surface area contributed by atoms with Gasteiger partial charge in [0.1, 0.15) is 16.4 Å². The van der Waals surface area contributed by atoms with Gasteiger partial charge in [0, 0.05) is 19.2 Å². The molecule has 7 heteroatoms. The third-order valence-corrected chi connectivity index (χ3v) is 5.11. The number of ether oxygens (including phenoxy) is 1. The van der Waals surface area contributed by atoms with Crippen LogP contribution in [0.3, 0.4) is 0 Å². The van der Waals surface area contributed by atoms with Crippen molar-refractivity contribution in [1.29, 1.82) is 0 Å². The molecule has 2 rings (SSSR count). The normalized spacial score (nSPS) is 22.3. The average molecular weight is 294 g/mol. The smallest absolute Gasteiger partial charge is 0.246 e. The van der Waals surface area contributed by atoms with Gasteiger partial charge in [-0.05, 0) is 13.8 Å². The van der Waals surface area contributed by atoms with Crippen molar-refractivity contribution in [2.24, 2.45) is 0 Å². The molecule has 1 aromatic rings. The lowest BCUT2D eigenvalue weighted by molar-refractivity contribution is 0.0101. The van der Waals surface area contributed by atoms with E-state index in [4.69, 9.17) is 20.8 Å². The second kappa shape index (κ2) is 5.21. The molecule has 0 bridgehead atoms. The highest BCUT2D eigenvalue weighted by Crippen LogP contribution is 2.25. The van der Waals surface area contributed by atoms with Gasteiger partial charge in [-0.2, -0.15) is 4.31 Å². The molecule has 1 aliphatic rings. The third kappa shape index (κ3) is 2.56. The Hall–Kier alpha value is -0.560. The number of halogens is 1. The highest BCUT2D eigenvalue weighted by atomic mass is 35.5. The summed E-state index contributed by atoms with van der Waals surface area (Å²) in [7, 11) is -3.51. The number of aryl methyl sites for hydroxylation is 1. The van der Waals surface area contributed by atoms with Gasteiger partial charge in [0.15, 0.2) is 0 Å². The number of hydrogen-bond acceptors (Lipinski definition) is 4. The molecule has 1 fully saturated rings. The minimum Gasteiger partial charge on any atom is -0.464 e. The summed E-state index contributed by atoms with van der Waals surface area (Å²) in [6, 6.07) is 1.50. The standard InChI is InChI=1S/C11H16ClNO4S/c1-8-7-13(3-4-16-8)18(14,15)11-5-10(6-12)17-9(11)2/h5,8H,3-4,6-7H2,1-2H3. The zero-order chi connectivity index (χ0) is 13.3. The van der Waals surface area contributed by atoms with E-state index in [9.17, 15) is 8.42 Å². The SMILES string of the molecule is Cc1oc(CCl)cc1S(=O)(=O)N1CCOC(C)C1. The molecule has 5 nitrogen and oxygen atoms in total. The second-order valence-electron chi connectivity index (χ2n) is 4.31. The van der Waals surface area contributed by atoms with Crippen LogP contribution in [0.1, 0.15) is 18.4 Å². The molecule has 0 aromatic carbocycles. The lowest BCUT2D eigenvalue weighted by atomic mass is 10.3. The van der Waals surface area contributed by atoms with Gasteiger partial charge < -0.3 is 9.15 Å². The van der Waals surface area contributed by atoms with E-state index in [0.717, 1.165) is 0 Å². The lowest BCUT2D eigenvalue weighted by Crippen LogP contribution is -2.44. The molecular weight excluding hydrogens is 278 g/mol. The molecule has 1 aliphatic heterocycles. The van der Waals surface area contributed by atoms with E-state index in [1.54, 1.807) is 6.92 Å². The van der Waals surface area contributed by atoms with Gasteiger partial charge >= 0.3 is 0 Å². The number of sulfonamides is 1. The van der Waals surface area contributed by atoms with Gasteiger partial charge in [-0.1, -0.05) is 0 Å². The summed E-state index contributed by atoms with van der Waals surface area (Å²) in [6.45, 7) is 4.64. The highest BCUT2D eigenvalue weighted by Gasteiger charge is 2.31. The van der Waals surface area contributed by atoms with Crippen molar-refractivity contribution in [3.63, 3.8) is 0 Å². The molecule has 0 radical (unpaired) electrons. The molecule has 1 aromatic heterocycles. The predicted octanol–water partition coefficient (Wildman–Crippen LogP) is 1.74. The second-order valence-corrected chi connectivity index (χ2v) is 6.48. The Morgan fingerprint density at radius 2 is 2.28 bits per heavy atom. The topological polar surface area (TPSA) is 59.8 Å². The summed E-state index contributed by atoms with van der Waals surface area (Å²) in [5.74, 6) is 1.01. The Kier molecular flexibility index (Phi) is 4.01. The predicted molar refractivity (Wildman–Crippen MR) is 67.2 cm³/mol. The van der Waals surface area contributed by atoms with Crippen LogP contribution in [0.4, 0.5) is 0 Å². The molecule has 1 unspecified atom stereocenters. The summed E-state index contributed by atoms with van der Waals surface area (Å²) in [4.78, 5) is 0.201. The van der Waals surface area contributed by atoms with E-state index in [1.165, 1.54) is 10.4 Å². The minimum atomic E-state index is -3.51. The average Bonchev–Trinajstić information content (AvgIpc) is 2.71. The summed E-state index contributed by atoms with van der Waals surface area (Å²) in [5, 5.41) is 0. The lowest BCUT2D eigenvalue weighted by Gasteiger charge is -2.30. The summed E-state index contributed by atoms with van der Waals surface area (Å²) < 4.78 is 37.0. The maximum Gasteiger partial charge on any atom is 0.246 e. The molecule has 18 heavy (non-hydrogen) atoms. The number of hydrogen-bond donors (Lipinski definition) is 0. The van der Waals surface area contributed by atoms with Crippen molar-refractivity contribution < 1.29 is 17.6 Å². The van der Waals surface area contributed by atoms with E-state index < -0.39 is 10.0 Å². The first kappa shape index (κ1) is 13.9. The zero-order valence-electron chi connectivity index (χ0n) is 10.3. The number of rotatable bonds is 3. The quantitative estimate of drug-likeness (QED) is 0.797. The van der Waals surface area contributed by atoms with Crippen molar-refractivity contribution in [3.05, 3.63) is 17.6 Å². The van der Waals surface area contributed by atoms with Gasteiger partial charge in [-0.25, -0.2) is 8.42 Å². The first-order chi connectivity index (χ1) is 8.45. The number of furan rings is 1. The molecule has 0 spiro atoms. The maximum atomic E-state index is 12.5. The Balaban J connectivity index is 2.32. The van der Waals surface area contributed by atoms with E-state index >= 15 is 0 Å². The maximum absolute atomic E-state index is 12.5. The molecule has 1 atom stereocenters. The van der Waals surface area contributed by atoms with E-state index in [0.29, 0.717) is 31.2 Å². The molecule has 0 N–H and O–H groups in total. The molecule has 1 saturated heterocycles. The molecular formula is C11H16ClNO4S. The van der Waals surface area contributed by atoms with Crippen LogP contribution in [0.25, 0.3) is 0 Å². The van der Waals surface area contributed by atoms with Crippen molar-refractivity contribution in [2.45, 2.75) is 30.7 Å². The van der Waals surface area contributed by atoms with Crippen LogP contribution in [0.5, 0.6) is 0 Å². The van der Waals surface area contributed by atoms with E-state index in [2.05, 4.69) is 0 Å². The van der Waals surface area contributed by atoms with E-state index in [-0.39, 0.29) is 16.9 Å². The van der Waals surface area contributed by atoms with Crippen LogP contribution >= 0.6 is 11.6 Å². The summed E-state index contributed by atoms with van der Waals surface area (Å²) >= 11 is 5.65. The van der Waals surface area contributed by atoms with Gasteiger partial charge in [-0.15, -0.1) is 11.6 Å². The third-order valence-electron chi connectivity index (χ3n) is 2.88. The van der Waals surface area contributed by atoms with Crippen LogP contribution in [0.15, 0.2) is 15.4 Å².